The minimum Gasteiger partial charge on any atom is -0.294 e. The summed E-state index contributed by atoms with van der Waals surface area (Å²) in [4.78, 5) is 1.69. The normalized spacial score (nSPS) is 8.33. The van der Waals surface area contributed by atoms with Gasteiger partial charge in [-0.15, -0.1) is 6.42 Å². The van der Waals surface area contributed by atoms with E-state index in [0.717, 1.165) is 0 Å². The third-order valence-electron chi connectivity index (χ3n) is 0.361. The van der Waals surface area contributed by atoms with Crippen molar-refractivity contribution in [2.75, 3.05) is 13.6 Å². The zero-order valence-electron chi connectivity index (χ0n) is 3.94. The largest absolute Gasteiger partial charge is 0.294 e. The SMILES string of the molecule is C#CCN([CH2])C. The van der Waals surface area contributed by atoms with E-state index in [1.54, 1.807) is 4.90 Å². The summed E-state index contributed by atoms with van der Waals surface area (Å²) in [5.74, 6) is 2.43. The number of nitrogens with zero attached hydrogens (tertiary/aromatic N) is 1. The van der Waals surface area contributed by atoms with E-state index >= 15 is 0 Å². The number of hydrogen-bond donors (Lipinski definition) is 0. The van der Waals surface area contributed by atoms with Crippen molar-refractivity contribution < 1.29 is 0 Å². The molecule has 0 aliphatic heterocycles. The summed E-state index contributed by atoms with van der Waals surface area (Å²) in [5.41, 5.74) is 0. The molecule has 0 aromatic carbocycles. The Kier molecular flexibility index (Phi) is 2.52. The van der Waals surface area contributed by atoms with Crippen LogP contribution in [-0.2, 0) is 0 Å². The molecule has 0 amide bonds. The molecule has 0 rings (SSSR count). The molecule has 6 heavy (non-hydrogen) atoms. The first kappa shape index (κ1) is 5.52. The van der Waals surface area contributed by atoms with Crippen LogP contribution in [0.2, 0.25) is 0 Å². The highest BCUT2D eigenvalue weighted by molar-refractivity contribution is 4.86. The highest BCUT2D eigenvalue weighted by Gasteiger charge is 1.76. The molecule has 33 valence electrons. The van der Waals surface area contributed by atoms with E-state index < -0.39 is 0 Å². The van der Waals surface area contributed by atoms with Crippen molar-refractivity contribution in [1.29, 1.82) is 0 Å². The van der Waals surface area contributed by atoms with E-state index in [4.69, 9.17) is 6.42 Å². The van der Waals surface area contributed by atoms with Crippen molar-refractivity contribution >= 4 is 0 Å². The van der Waals surface area contributed by atoms with E-state index in [1.165, 1.54) is 0 Å². The van der Waals surface area contributed by atoms with Gasteiger partial charge in [-0.25, -0.2) is 0 Å². The lowest BCUT2D eigenvalue weighted by Crippen LogP contribution is -2.07. The summed E-state index contributed by atoms with van der Waals surface area (Å²) >= 11 is 0. The van der Waals surface area contributed by atoms with Crippen molar-refractivity contribution in [2.24, 2.45) is 0 Å². The summed E-state index contributed by atoms with van der Waals surface area (Å²) < 4.78 is 0. The molecule has 0 bridgehead atoms. The lowest BCUT2D eigenvalue weighted by Gasteiger charge is -1.98. The fourth-order valence-electron chi connectivity index (χ4n) is 0.156. The van der Waals surface area contributed by atoms with Gasteiger partial charge in [-0.1, -0.05) is 5.92 Å². The second-order valence-electron chi connectivity index (χ2n) is 1.22. The molecule has 0 aromatic rings. The van der Waals surface area contributed by atoms with Gasteiger partial charge in [-0.05, 0) is 7.05 Å². The lowest BCUT2D eigenvalue weighted by atomic mass is 10.6. The average molecular weight is 82.1 g/mol. The maximum atomic E-state index is 4.90. The molecule has 0 N–H and O–H groups in total. The van der Waals surface area contributed by atoms with Gasteiger partial charge in [-0.2, -0.15) is 0 Å². The zero-order valence-corrected chi connectivity index (χ0v) is 3.94. The predicted molar refractivity (Wildman–Crippen MR) is 26.8 cm³/mol. The van der Waals surface area contributed by atoms with Crippen LogP contribution in [0.25, 0.3) is 0 Å². The third-order valence-corrected chi connectivity index (χ3v) is 0.361. The van der Waals surface area contributed by atoms with Gasteiger partial charge < -0.3 is 0 Å². The van der Waals surface area contributed by atoms with E-state index in [1.807, 2.05) is 7.05 Å². The molecule has 0 aromatic heterocycles. The Bertz CT molecular complexity index is 58.8. The highest BCUT2D eigenvalue weighted by atomic mass is 15.0. The van der Waals surface area contributed by atoms with Gasteiger partial charge in [0, 0.05) is 7.05 Å². The van der Waals surface area contributed by atoms with E-state index in [2.05, 4.69) is 13.0 Å². The van der Waals surface area contributed by atoms with Gasteiger partial charge in [-0.3, -0.25) is 4.90 Å². The molecule has 1 radical (unpaired) electrons. The molecule has 1 nitrogen and oxygen atoms in total. The predicted octanol–water partition coefficient (Wildman–Crippen LogP) is 0.343. The molecule has 0 saturated heterocycles. The molecule has 1 heteroatoms. The third kappa shape index (κ3) is 3.52. The van der Waals surface area contributed by atoms with Crippen LogP contribution in [0, 0.1) is 19.4 Å². The van der Waals surface area contributed by atoms with Crippen LogP contribution in [-0.4, -0.2) is 18.5 Å². The van der Waals surface area contributed by atoms with Crippen molar-refractivity contribution in [2.45, 2.75) is 0 Å². The zero-order chi connectivity index (χ0) is 4.99. The average Bonchev–Trinajstić information content (AvgIpc) is 1.35. The van der Waals surface area contributed by atoms with Crippen LogP contribution >= 0.6 is 0 Å². The standard InChI is InChI=1S/C5H8N/c1-4-5-6(2)3/h1H,2,5H2,3H3. The van der Waals surface area contributed by atoms with Crippen LogP contribution in [0.1, 0.15) is 0 Å². The van der Waals surface area contributed by atoms with Crippen LogP contribution in [0.15, 0.2) is 0 Å². The summed E-state index contributed by atoms with van der Waals surface area (Å²) in [5, 5.41) is 0. The first-order valence-electron chi connectivity index (χ1n) is 1.72. The van der Waals surface area contributed by atoms with Crippen molar-refractivity contribution in [3.63, 3.8) is 0 Å². The Labute approximate surface area is 39.0 Å². The second-order valence-corrected chi connectivity index (χ2v) is 1.22. The Hall–Kier alpha value is -0.480. The number of terminal acetylenes is 1. The molecule has 0 aliphatic carbocycles. The minimum absolute atomic E-state index is 0.625. The molecule has 0 unspecified atom stereocenters. The quantitative estimate of drug-likeness (QED) is 0.412. The Balaban J connectivity index is 2.88. The van der Waals surface area contributed by atoms with E-state index in [0.29, 0.717) is 6.54 Å². The second kappa shape index (κ2) is 2.74. The van der Waals surface area contributed by atoms with Gasteiger partial charge in [0.05, 0.1) is 6.54 Å². The summed E-state index contributed by atoms with van der Waals surface area (Å²) in [6.45, 7) is 0.625. The molecule has 0 heterocycles. The maximum absolute atomic E-state index is 4.90. The lowest BCUT2D eigenvalue weighted by molar-refractivity contribution is 0.512. The van der Waals surface area contributed by atoms with E-state index in [-0.39, 0.29) is 0 Å². The molecule has 0 saturated carbocycles. The monoisotopic (exact) mass is 82.1 g/mol. The van der Waals surface area contributed by atoms with Gasteiger partial charge >= 0.3 is 0 Å². The summed E-state index contributed by atoms with van der Waals surface area (Å²) in [6, 6.07) is 0. The molecule has 0 fully saturated rings. The molecule has 0 atom stereocenters. The molecule has 0 spiro atoms. The van der Waals surface area contributed by atoms with Crippen LogP contribution in [0.3, 0.4) is 0 Å². The molecular formula is C5H8N. The summed E-state index contributed by atoms with van der Waals surface area (Å²) in [6.07, 6.45) is 4.90. The van der Waals surface area contributed by atoms with Crippen molar-refractivity contribution in [3.8, 4) is 12.3 Å². The van der Waals surface area contributed by atoms with Gasteiger partial charge in [0.25, 0.3) is 0 Å². The molecule has 0 aliphatic rings. The fraction of sp³-hybridized carbons (Fsp3) is 0.400. The van der Waals surface area contributed by atoms with Crippen LogP contribution in [0.4, 0.5) is 0 Å². The maximum Gasteiger partial charge on any atom is 0.0596 e. The first-order valence-corrected chi connectivity index (χ1v) is 1.72. The number of rotatable bonds is 1. The topological polar surface area (TPSA) is 3.24 Å². The Morgan fingerprint density at radius 2 is 2.50 bits per heavy atom. The smallest absolute Gasteiger partial charge is 0.0596 e. The Morgan fingerprint density at radius 3 is 2.50 bits per heavy atom. The highest BCUT2D eigenvalue weighted by Crippen LogP contribution is 1.68. The first-order chi connectivity index (χ1) is 2.77. The molecular weight excluding hydrogens is 74.1 g/mol. The Morgan fingerprint density at radius 1 is 2.00 bits per heavy atom. The van der Waals surface area contributed by atoms with Gasteiger partial charge in [0.2, 0.25) is 0 Å². The van der Waals surface area contributed by atoms with E-state index in [9.17, 15) is 0 Å². The van der Waals surface area contributed by atoms with Crippen molar-refractivity contribution in [3.05, 3.63) is 7.05 Å². The van der Waals surface area contributed by atoms with Crippen LogP contribution < -0.4 is 0 Å². The fourth-order valence-corrected chi connectivity index (χ4v) is 0.156. The van der Waals surface area contributed by atoms with Crippen molar-refractivity contribution in [1.82, 2.24) is 4.90 Å². The minimum atomic E-state index is 0.625. The van der Waals surface area contributed by atoms with Gasteiger partial charge in [0.15, 0.2) is 0 Å². The summed E-state index contributed by atoms with van der Waals surface area (Å²) in [7, 11) is 5.35. The van der Waals surface area contributed by atoms with Gasteiger partial charge in [0.1, 0.15) is 0 Å². The number of hydrogen-bond acceptors (Lipinski definition) is 1. The van der Waals surface area contributed by atoms with Crippen LogP contribution in [0.5, 0.6) is 0 Å².